The molecule has 0 unspecified atom stereocenters. The highest BCUT2D eigenvalue weighted by Crippen LogP contribution is 2.06. The zero-order valence-electron chi connectivity index (χ0n) is 9.44. The topological polar surface area (TPSA) is 85.6 Å². The summed E-state index contributed by atoms with van der Waals surface area (Å²) in [4.78, 5) is 11.3. The quantitative estimate of drug-likeness (QED) is 0.727. The molecule has 1 aromatic rings. The molecule has 0 aliphatic rings. The summed E-state index contributed by atoms with van der Waals surface area (Å²) in [6.45, 7) is 1.98. The van der Waals surface area contributed by atoms with Gasteiger partial charge in [0.1, 0.15) is 5.76 Å². The first kappa shape index (κ1) is 12.5. The van der Waals surface area contributed by atoms with E-state index in [-0.39, 0.29) is 6.54 Å². The van der Waals surface area contributed by atoms with Crippen LogP contribution in [-0.4, -0.2) is 38.2 Å². The summed E-state index contributed by atoms with van der Waals surface area (Å²) < 4.78 is 14.6. The number of amides is 2. The van der Waals surface area contributed by atoms with E-state index in [1.807, 2.05) is 0 Å². The van der Waals surface area contributed by atoms with Crippen molar-refractivity contribution in [2.24, 2.45) is 0 Å². The Kier molecular flexibility index (Phi) is 4.74. The molecule has 0 bridgehead atoms. The Morgan fingerprint density at radius 2 is 2.25 bits per heavy atom. The number of urea groups is 1. The van der Waals surface area contributed by atoms with Gasteiger partial charge in [-0.1, -0.05) is 5.16 Å². The predicted octanol–water partition coefficient (Wildman–Crippen LogP) is 0.723. The smallest absolute Gasteiger partial charge is 0.320 e. The molecule has 0 atom stereocenters. The van der Waals surface area contributed by atoms with Crippen LogP contribution < -0.4 is 10.6 Å². The molecule has 0 fully saturated rings. The van der Waals surface area contributed by atoms with Crippen molar-refractivity contribution in [3.05, 3.63) is 11.8 Å². The molecule has 2 N–H and O–H groups in total. The van der Waals surface area contributed by atoms with Gasteiger partial charge < -0.3 is 19.3 Å². The Labute approximate surface area is 93.1 Å². The second kappa shape index (κ2) is 6.09. The SMILES string of the molecule is COC(CNC(=O)Nc1cc(C)on1)OC. The van der Waals surface area contributed by atoms with E-state index in [9.17, 15) is 4.79 Å². The van der Waals surface area contributed by atoms with Gasteiger partial charge in [-0.3, -0.25) is 5.32 Å². The maximum absolute atomic E-state index is 11.3. The molecule has 7 heteroatoms. The van der Waals surface area contributed by atoms with Gasteiger partial charge in [0.25, 0.3) is 0 Å². The first-order valence-electron chi connectivity index (χ1n) is 4.69. The molecule has 1 rings (SSSR count). The van der Waals surface area contributed by atoms with E-state index in [1.165, 1.54) is 14.2 Å². The molecule has 7 nitrogen and oxygen atoms in total. The van der Waals surface area contributed by atoms with Gasteiger partial charge in [0.2, 0.25) is 0 Å². The molecule has 0 spiro atoms. The molecule has 0 aliphatic heterocycles. The van der Waals surface area contributed by atoms with Crippen molar-refractivity contribution in [2.45, 2.75) is 13.2 Å². The van der Waals surface area contributed by atoms with Crippen LogP contribution in [0.5, 0.6) is 0 Å². The number of nitrogens with zero attached hydrogens (tertiary/aromatic N) is 1. The maximum atomic E-state index is 11.3. The summed E-state index contributed by atoms with van der Waals surface area (Å²) in [7, 11) is 2.99. The Balaban J connectivity index is 2.31. The minimum Gasteiger partial charge on any atom is -0.360 e. The summed E-state index contributed by atoms with van der Waals surface area (Å²) in [6, 6.07) is 1.22. The van der Waals surface area contributed by atoms with Gasteiger partial charge in [-0.25, -0.2) is 4.79 Å². The molecule has 90 valence electrons. The second-order valence-electron chi connectivity index (χ2n) is 3.06. The van der Waals surface area contributed by atoms with Crippen LogP contribution >= 0.6 is 0 Å². The van der Waals surface area contributed by atoms with Crippen molar-refractivity contribution in [3.8, 4) is 0 Å². The summed E-state index contributed by atoms with van der Waals surface area (Å²) in [5.41, 5.74) is 0. The van der Waals surface area contributed by atoms with Crippen molar-refractivity contribution < 1.29 is 18.8 Å². The van der Waals surface area contributed by atoms with Crippen LogP contribution in [0, 0.1) is 6.92 Å². The number of ether oxygens (including phenoxy) is 2. The second-order valence-corrected chi connectivity index (χ2v) is 3.06. The fraction of sp³-hybridized carbons (Fsp3) is 0.556. The van der Waals surface area contributed by atoms with Crippen LogP contribution in [0.4, 0.5) is 10.6 Å². The van der Waals surface area contributed by atoms with Crippen molar-refractivity contribution in [1.29, 1.82) is 0 Å². The fourth-order valence-electron chi connectivity index (χ4n) is 1.02. The average molecular weight is 229 g/mol. The van der Waals surface area contributed by atoms with Crippen molar-refractivity contribution in [1.82, 2.24) is 10.5 Å². The molecule has 0 saturated heterocycles. The van der Waals surface area contributed by atoms with E-state index in [4.69, 9.17) is 14.0 Å². The standard InChI is InChI=1S/C9H15N3O4/c1-6-4-7(12-16-6)11-9(13)10-5-8(14-2)15-3/h4,8H,5H2,1-3H3,(H2,10,11,12,13). The summed E-state index contributed by atoms with van der Waals surface area (Å²) >= 11 is 0. The molecule has 0 radical (unpaired) electrons. The minimum absolute atomic E-state index is 0.246. The third kappa shape index (κ3) is 3.87. The van der Waals surface area contributed by atoms with Gasteiger partial charge in [-0.15, -0.1) is 0 Å². The molecular formula is C9H15N3O4. The van der Waals surface area contributed by atoms with Crippen LogP contribution in [0.15, 0.2) is 10.6 Å². The van der Waals surface area contributed by atoms with E-state index in [2.05, 4.69) is 15.8 Å². The van der Waals surface area contributed by atoms with Crippen LogP contribution in [0.3, 0.4) is 0 Å². The van der Waals surface area contributed by atoms with Crippen molar-refractivity contribution in [3.63, 3.8) is 0 Å². The van der Waals surface area contributed by atoms with Gasteiger partial charge in [-0.2, -0.15) is 0 Å². The lowest BCUT2D eigenvalue weighted by molar-refractivity contribution is -0.0970. The molecule has 1 heterocycles. The number of hydrogen-bond acceptors (Lipinski definition) is 5. The fourth-order valence-corrected chi connectivity index (χ4v) is 1.02. The van der Waals surface area contributed by atoms with E-state index in [0.29, 0.717) is 11.6 Å². The zero-order chi connectivity index (χ0) is 12.0. The third-order valence-corrected chi connectivity index (χ3v) is 1.82. The normalized spacial score (nSPS) is 10.5. The Morgan fingerprint density at radius 3 is 2.75 bits per heavy atom. The van der Waals surface area contributed by atoms with Crippen LogP contribution in [0.2, 0.25) is 0 Å². The lowest BCUT2D eigenvalue weighted by atomic mass is 10.5. The largest absolute Gasteiger partial charge is 0.360 e. The van der Waals surface area contributed by atoms with Crippen LogP contribution in [0.1, 0.15) is 5.76 Å². The molecule has 1 aromatic heterocycles. The highest BCUT2D eigenvalue weighted by atomic mass is 16.7. The van der Waals surface area contributed by atoms with Gasteiger partial charge >= 0.3 is 6.03 Å². The number of aryl methyl sites for hydroxylation is 1. The molecular weight excluding hydrogens is 214 g/mol. The molecule has 0 aromatic carbocycles. The Bertz CT molecular complexity index is 335. The van der Waals surface area contributed by atoms with Gasteiger partial charge in [0, 0.05) is 20.3 Å². The Morgan fingerprint density at radius 1 is 1.56 bits per heavy atom. The average Bonchev–Trinajstić information content (AvgIpc) is 2.65. The molecule has 0 aliphatic carbocycles. The summed E-state index contributed by atoms with van der Waals surface area (Å²) in [5, 5.41) is 8.67. The van der Waals surface area contributed by atoms with Crippen LogP contribution in [-0.2, 0) is 9.47 Å². The number of carbonyl (C=O) groups excluding carboxylic acids is 1. The highest BCUT2D eigenvalue weighted by molar-refractivity contribution is 5.88. The predicted molar refractivity (Wildman–Crippen MR) is 56.1 cm³/mol. The number of methoxy groups -OCH3 is 2. The summed E-state index contributed by atoms with van der Waals surface area (Å²) in [6.07, 6.45) is -0.468. The lowest BCUT2D eigenvalue weighted by Gasteiger charge is -2.13. The van der Waals surface area contributed by atoms with E-state index < -0.39 is 12.3 Å². The van der Waals surface area contributed by atoms with Gasteiger partial charge in [0.15, 0.2) is 12.1 Å². The van der Waals surface area contributed by atoms with Crippen molar-refractivity contribution >= 4 is 11.8 Å². The summed E-state index contributed by atoms with van der Waals surface area (Å²) in [5.74, 6) is 0.989. The highest BCUT2D eigenvalue weighted by Gasteiger charge is 2.09. The molecule has 16 heavy (non-hydrogen) atoms. The monoisotopic (exact) mass is 229 g/mol. The number of anilines is 1. The molecule has 0 saturated carbocycles. The maximum Gasteiger partial charge on any atom is 0.320 e. The van der Waals surface area contributed by atoms with E-state index in [0.717, 1.165) is 0 Å². The number of aromatic nitrogens is 1. The van der Waals surface area contributed by atoms with Crippen LogP contribution in [0.25, 0.3) is 0 Å². The minimum atomic E-state index is -0.468. The van der Waals surface area contributed by atoms with E-state index in [1.54, 1.807) is 13.0 Å². The number of hydrogen-bond donors (Lipinski definition) is 2. The Hall–Kier alpha value is -1.60. The van der Waals surface area contributed by atoms with Gasteiger partial charge in [-0.05, 0) is 6.92 Å². The zero-order valence-corrected chi connectivity index (χ0v) is 9.44. The molecule has 2 amide bonds. The number of nitrogens with one attached hydrogen (secondary N) is 2. The number of carbonyl (C=O) groups is 1. The van der Waals surface area contributed by atoms with E-state index >= 15 is 0 Å². The lowest BCUT2D eigenvalue weighted by Crippen LogP contribution is -2.36. The number of rotatable bonds is 5. The first-order chi connectivity index (χ1) is 7.65. The third-order valence-electron chi connectivity index (χ3n) is 1.82. The van der Waals surface area contributed by atoms with Crippen molar-refractivity contribution in [2.75, 3.05) is 26.1 Å². The van der Waals surface area contributed by atoms with Gasteiger partial charge in [0.05, 0.1) is 6.54 Å². The first-order valence-corrected chi connectivity index (χ1v) is 4.69.